The minimum Gasteiger partial charge on any atom is -0.490 e. The summed E-state index contributed by atoms with van der Waals surface area (Å²) in [5.74, 6) is -0.535. The minimum absolute atomic E-state index is 0.0543. The Morgan fingerprint density at radius 2 is 1.86 bits per heavy atom. The zero-order chi connectivity index (χ0) is 21.2. The van der Waals surface area contributed by atoms with Gasteiger partial charge in [-0.1, -0.05) is 29.8 Å². The molecule has 3 aromatic rings. The summed E-state index contributed by atoms with van der Waals surface area (Å²) in [6.45, 7) is 0.142. The molecule has 0 aliphatic heterocycles. The smallest absolute Gasteiger partial charge is 0.417 e. The van der Waals surface area contributed by atoms with Crippen molar-refractivity contribution < 1.29 is 22.3 Å². The van der Waals surface area contributed by atoms with Gasteiger partial charge < -0.3 is 14.6 Å². The lowest BCUT2D eigenvalue weighted by Crippen LogP contribution is -2.19. The van der Waals surface area contributed by atoms with Crippen LogP contribution in [-0.2, 0) is 12.7 Å². The largest absolute Gasteiger partial charge is 0.490 e. The maximum Gasteiger partial charge on any atom is 0.417 e. The Labute approximate surface area is 167 Å². The molecule has 152 valence electrons. The molecule has 2 aromatic carbocycles. The van der Waals surface area contributed by atoms with Crippen molar-refractivity contribution in [2.45, 2.75) is 12.7 Å². The lowest BCUT2D eigenvalue weighted by Gasteiger charge is -2.17. The second-order valence-corrected chi connectivity index (χ2v) is 6.36. The average molecular weight is 428 g/mol. The lowest BCUT2D eigenvalue weighted by molar-refractivity contribution is -0.137. The summed E-state index contributed by atoms with van der Waals surface area (Å²) < 4.78 is 58.9. The number of hydrogen-bond acceptors (Lipinski definition) is 4. The third-order valence-electron chi connectivity index (χ3n) is 4.00. The second-order valence-electron chi connectivity index (χ2n) is 5.98. The molecule has 0 aliphatic carbocycles. The van der Waals surface area contributed by atoms with Gasteiger partial charge in [-0.3, -0.25) is 4.79 Å². The summed E-state index contributed by atoms with van der Waals surface area (Å²) in [5.41, 5.74) is -1.15. The minimum atomic E-state index is -4.64. The van der Waals surface area contributed by atoms with Crippen LogP contribution in [0.3, 0.4) is 0 Å². The van der Waals surface area contributed by atoms with E-state index in [1.165, 1.54) is 54.3 Å². The van der Waals surface area contributed by atoms with E-state index < -0.39 is 28.1 Å². The monoisotopic (exact) mass is 427 g/mol. The number of aromatic nitrogens is 2. The predicted molar refractivity (Wildman–Crippen MR) is 100 cm³/mol. The number of hydrogen-bond donors (Lipinski definition) is 1. The van der Waals surface area contributed by atoms with Gasteiger partial charge in [-0.15, -0.1) is 0 Å². The van der Waals surface area contributed by atoms with Crippen LogP contribution in [0, 0.1) is 5.82 Å². The predicted octanol–water partition coefficient (Wildman–Crippen LogP) is 4.86. The highest BCUT2D eigenvalue weighted by Gasteiger charge is 2.34. The van der Waals surface area contributed by atoms with E-state index in [0.717, 1.165) is 6.07 Å². The number of ether oxygens (including phenoxy) is 1. The molecule has 0 spiro atoms. The number of anilines is 2. The Balaban J connectivity index is 2.04. The highest BCUT2D eigenvalue weighted by atomic mass is 35.5. The first-order valence-corrected chi connectivity index (χ1v) is 8.59. The van der Waals surface area contributed by atoms with Gasteiger partial charge in [0.15, 0.2) is 0 Å². The number of nitrogens with one attached hydrogen (secondary N) is 1. The summed E-state index contributed by atoms with van der Waals surface area (Å²) in [6, 6.07) is 8.94. The molecule has 0 bridgehead atoms. The molecule has 3 rings (SSSR count). The Morgan fingerprint density at radius 3 is 2.48 bits per heavy atom. The summed E-state index contributed by atoms with van der Waals surface area (Å²) in [4.78, 5) is 15.9. The van der Waals surface area contributed by atoms with Crippen molar-refractivity contribution >= 4 is 23.2 Å². The number of benzene rings is 2. The molecule has 5 nitrogen and oxygen atoms in total. The van der Waals surface area contributed by atoms with E-state index in [-0.39, 0.29) is 23.9 Å². The van der Waals surface area contributed by atoms with Crippen molar-refractivity contribution in [3.8, 4) is 5.75 Å². The summed E-state index contributed by atoms with van der Waals surface area (Å²) in [6.07, 6.45) is -3.29. The Kier molecular flexibility index (Phi) is 5.78. The standard InChI is InChI=1S/C19H14ClF4N3O2/c1-29-15-10-27(9-11-5-7-12(21)8-6-11)18(26-17(15)28)25-14-4-2-3-13(16(14)20)19(22,23)24/h2-8,10H,9H2,1H3,(H,25,26,28). The van der Waals surface area contributed by atoms with Crippen LogP contribution in [-0.4, -0.2) is 16.7 Å². The van der Waals surface area contributed by atoms with Gasteiger partial charge in [-0.25, -0.2) is 4.39 Å². The molecule has 10 heteroatoms. The molecule has 0 amide bonds. The van der Waals surface area contributed by atoms with Crippen LogP contribution in [0.15, 0.2) is 53.5 Å². The number of methoxy groups -OCH3 is 1. The third-order valence-corrected chi connectivity index (χ3v) is 4.41. The van der Waals surface area contributed by atoms with Crippen LogP contribution in [0.5, 0.6) is 5.75 Å². The van der Waals surface area contributed by atoms with E-state index >= 15 is 0 Å². The molecule has 0 fully saturated rings. The van der Waals surface area contributed by atoms with Gasteiger partial charge in [0.25, 0.3) is 0 Å². The molecule has 0 radical (unpaired) electrons. The van der Waals surface area contributed by atoms with Gasteiger partial charge in [-0.2, -0.15) is 18.2 Å². The van der Waals surface area contributed by atoms with E-state index in [2.05, 4.69) is 10.3 Å². The van der Waals surface area contributed by atoms with Crippen LogP contribution in [0.1, 0.15) is 11.1 Å². The normalized spacial score (nSPS) is 11.4. The maximum atomic E-state index is 13.1. The molecular formula is C19H14ClF4N3O2. The molecule has 29 heavy (non-hydrogen) atoms. The molecule has 0 saturated carbocycles. The lowest BCUT2D eigenvalue weighted by atomic mass is 10.2. The molecule has 1 heterocycles. The van der Waals surface area contributed by atoms with Crippen molar-refractivity contribution in [3.63, 3.8) is 0 Å². The summed E-state index contributed by atoms with van der Waals surface area (Å²) in [7, 11) is 1.29. The van der Waals surface area contributed by atoms with Crippen molar-refractivity contribution in [3.05, 3.63) is 81.0 Å². The Morgan fingerprint density at radius 1 is 1.17 bits per heavy atom. The number of rotatable bonds is 5. The van der Waals surface area contributed by atoms with Crippen molar-refractivity contribution in [2.75, 3.05) is 12.4 Å². The van der Waals surface area contributed by atoms with Crippen LogP contribution in [0.2, 0.25) is 5.02 Å². The zero-order valence-electron chi connectivity index (χ0n) is 14.9. The van der Waals surface area contributed by atoms with Crippen LogP contribution >= 0.6 is 11.6 Å². The van der Waals surface area contributed by atoms with E-state index in [0.29, 0.717) is 5.56 Å². The Hall–Kier alpha value is -3.07. The van der Waals surface area contributed by atoms with Crippen LogP contribution < -0.4 is 15.6 Å². The van der Waals surface area contributed by atoms with E-state index in [1.54, 1.807) is 0 Å². The van der Waals surface area contributed by atoms with Gasteiger partial charge >= 0.3 is 11.7 Å². The SMILES string of the molecule is COc1cn(Cc2ccc(F)cc2)c(Nc2cccc(C(F)(F)F)c2Cl)nc1=O. The van der Waals surface area contributed by atoms with Gasteiger partial charge in [0.1, 0.15) is 5.82 Å². The number of nitrogens with zero attached hydrogens (tertiary/aromatic N) is 2. The first kappa shape index (κ1) is 20.7. The Bertz CT molecular complexity index is 1080. The highest BCUT2D eigenvalue weighted by Crippen LogP contribution is 2.38. The zero-order valence-corrected chi connectivity index (χ0v) is 15.7. The molecule has 0 atom stereocenters. The summed E-state index contributed by atoms with van der Waals surface area (Å²) in [5, 5.41) is 2.11. The molecule has 0 aliphatic rings. The second kappa shape index (κ2) is 8.12. The van der Waals surface area contributed by atoms with Crippen molar-refractivity contribution in [2.24, 2.45) is 0 Å². The van der Waals surface area contributed by atoms with Crippen molar-refractivity contribution in [1.82, 2.24) is 9.55 Å². The van der Waals surface area contributed by atoms with Gasteiger partial charge in [0, 0.05) is 0 Å². The fourth-order valence-corrected chi connectivity index (χ4v) is 2.87. The molecular weight excluding hydrogens is 414 g/mol. The average Bonchev–Trinajstić information content (AvgIpc) is 2.66. The molecule has 0 unspecified atom stereocenters. The quantitative estimate of drug-likeness (QED) is 0.591. The maximum absolute atomic E-state index is 13.1. The number of halogens is 5. The van der Waals surface area contributed by atoms with E-state index in [4.69, 9.17) is 16.3 Å². The first-order valence-electron chi connectivity index (χ1n) is 8.21. The van der Waals surface area contributed by atoms with Crippen molar-refractivity contribution in [1.29, 1.82) is 0 Å². The fourth-order valence-electron chi connectivity index (χ4n) is 2.59. The summed E-state index contributed by atoms with van der Waals surface area (Å²) >= 11 is 5.91. The van der Waals surface area contributed by atoms with E-state index in [9.17, 15) is 22.4 Å². The molecule has 1 N–H and O–H groups in total. The van der Waals surface area contributed by atoms with Gasteiger partial charge in [0.2, 0.25) is 11.7 Å². The first-order chi connectivity index (χ1) is 13.7. The highest BCUT2D eigenvalue weighted by molar-refractivity contribution is 6.34. The molecule has 1 aromatic heterocycles. The topological polar surface area (TPSA) is 56.1 Å². The third kappa shape index (κ3) is 4.68. The van der Waals surface area contributed by atoms with Gasteiger partial charge in [0.05, 0.1) is 36.1 Å². The van der Waals surface area contributed by atoms with E-state index in [1.807, 2.05) is 0 Å². The fraction of sp³-hybridized carbons (Fsp3) is 0.158. The van der Waals surface area contributed by atoms with Crippen LogP contribution in [0.4, 0.5) is 29.2 Å². The molecule has 0 saturated heterocycles. The van der Waals surface area contributed by atoms with Crippen LogP contribution in [0.25, 0.3) is 0 Å². The number of alkyl halides is 3. The van der Waals surface area contributed by atoms with Gasteiger partial charge in [-0.05, 0) is 29.8 Å².